The number of benzene rings is 1. The third-order valence-corrected chi connectivity index (χ3v) is 3.97. The highest BCUT2D eigenvalue weighted by atomic mass is 16.6. The van der Waals surface area contributed by atoms with Gasteiger partial charge in [0.05, 0.1) is 10.5 Å². The summed E-state index contributed by atoms with van der Waals surface area (Å²) in [6.07, 6.45) is 3.42. The number of anilines is 1. The lowest BCUT2D eigenvalue weighted by molar-refractivity contribution is -0.384. The van der Waals surface area contributed by atoms with Gasteiger partial charge in [-0.1, -0.05) is 19.4 Å². The van der Waals surface area contributed by atoms with E-state index < -0.39 is 4.92 Å². The molecule has 0 heterocycles. The van der Waals surface area contributed by atoms with E-state index in [1.807, 2.05) is 0 Å². The molecule has 0 saturated heterocycles. The van der Waals surface area contributed by atoms with Crippen LogP contribution in [0, 0.1) is 15.5 Å². The topological polar surface area (TPSA) is 84.3 Å². The van der Waals surface area contributed by atoms with Crippen molar-refractivity contribution in [2.45, 2.75) is 26.2 Å². The van der Waals surface area contributed by atoms with Crippen molar-refractivity contribution in [3.05, 3.63) is 33.9 Å². The van der Waals surface area contributed by atoms with Crippen molar-refractivity contribution in [1.82, 2.24) is 5.32 Å². The summed E-state index contributed by atoms with van der Waals surface area (Å²) < 4.78 is 0. The standard InChI is InChI=1S/C14H19N3O3/c1-14(7-4-8-14)9-16-13(18)10-5-3-6-11(17(19)20)12(10)15-2/h3,5-6,15H,4,7-9H2,1-2H3,(H,16,18). The number of hydrogen-bond acceptors (Lipinski definition) is 4. The first kappa shape index (κ1) is 14.3. The second-order valence-corrected chi connectivity index (χ2v) is 5.55. The lowest BCUT2D eigenvalue weighted by Gasteiger charge is -2.38. The number of amides is 1. The van der Waals surface area contributed by atoms with Crippen LogP contribution in [0.3, 0.4) is 0 Å². The Kier molecular flexibility index (Phi) is 3.92. The molecule has 1 aromatic rings. The van der Waals surface area contributed by atoms with Crippen molar-refractivity contribution in [1.29, 1.82) is 0 Å². The SMILES string of the molecule is CNc1c(C(=O)NCC2(C)CCC2)cccc1[N+](=O)[O-]. The highest BCUT2D eigenvalue weighted by Crippen LogP contribution is 2.39. The third-order valence-electron chi connectivity index (χ3n) is 3.97. The van der Waals surface area contributed by atoms with Crippen molar-refractivity contribution in [3.8, 4) is 0 Å². The van der Waals surface area contributed by atoms with Crippen LogP contribution in [-0.4, -0.2) is 24.4 Å². The Morgan fingerprint density at radius 3 is 2.65 bits per heavy atom. The summed E-state index contributed by atoms with van der Waals surface area (Å²) in [5.74, 6) is -0.272. The zero-order valence-electron chi connectivity index (χ0n) is 11.7. The van der Waals surface area contributed by atoms with Crippen LogP contribution in [-0.2, 0) is 0 Å². The first-order valence-electron chi connectivity index (χ1n) is 6.70. The zero-order valence-corrected chi connectivity index (χ0v) is 11.7. The summed E-state index contributed by atoms with van der Waals surface area (Å²) in [7, 11) is 1.58. The molecule has 2 rings (SSSR count). The van der Waals surface area contributed by atoms with Gasteiger partial charge in [-0.3, -0.25) is 14.9 Å². The Labute approximate surface area is 117 Å². The molecule has 1 aliphatic rings. The molecule has 0 spiro atoms. The summed E-state index contributed by atoms with van der Waals surface area (Å²) in [4.78, 5) is 22.7. The van der Waals surface area contributed by atoms with E-state index in [1.165, 1.54) is 18.6 Å². The minimum atomic E-state index is -0.490. The molecule has 0 bridgehead atoms. The molecule has 2 N–H and O–H groups in total. The Morgan fingerprint density at radius 1 is 1.45 bits per heavy atom. The van der Waals surface area contributed by atoms with Gasteiger partial charge in [0, 0.05) is 19.7 Å². The average molecular weight is 277 g/mol. The van der Waals surface area contributed by atoms with Crippen LogP contribution in [0.15, 0.2) is 18.2 Å². The lowest BCUT2D eigenvalue weighted by Crippen LogP contribution is -2.40. The maximum Gasteiger partial charge on any atom is 0.293 e. The van der Waals surface area contributed by atoms with E-state index in [1.54, 1.807) is 13.1 Å². The fourth-order valence-electron chi connectivity index (χ4n) is 2.49. The fraction of sp³-hybridized carbons (Fsp3) is 0.500. The molecular formula is C14H19N3O3. The van der Waals surface area contributed by atoms with E-state index in [0.717, 1.165) is 12.8 Å². The number of para-hydroxylation sites is 1. The van der Waals surface area contributed by atoms with Gasteiger partial charge in [0.2, 0.25) is 0 Å². The number of carbonyl (C=O) groups is 1. The summed E-state index contributed by atoms with van der Waals surface area (Å²) >= 11 is 0. The second kappa shape index (κ2) is 5.48. The molecule has 6 nitrogen and oxygen atoms in total. The smallest absolute Gasteiger partial charge is 0.293 e. The van der Waals surface area contributed by atoms with Crippen molar-refractivity contribution >= 4 is 17.3 Å². The van der Waals surface area contributed by atoms with Gasteiger partial charge in [0.25, 0.3) is 11.6 Å². The van der Waals surface area contributed by atoms with Crippen LogP contribution in [0.25, 0.3) is 0 Å². The number of carbonyl (C=O) groups excluding carboxylic acids is 1. The number of nitro benzene ring substituents is 1. The van der Waals surface area contributed by atoms with E-state index in [4.69, 9.17) is 0 Å². The molecule has 108 valence electrons. The number of nitrogens with zero attached hydrogens (tertiary/aromatic N) is 1. The van der Waals surface area contributed by atoms with Gasteiger partial charge >= 0.3 is 0 Å². The molecule has 0 aliphatic heterocycles. The van der Waals surface area contributed by atoms with E-state index in [0.29, 0.717) is 12.1 Å². The molecule has 0 aromatic heterocycles. The number of rotatable bonds is 5. The van der Waals surface area contributed by atoms with Crippen molar-refractivity contribution in [2.24, 2.45) is 5.41 Å². The second-order valence-electron chi connectivity index (χ2n) is 5.55. The Morgan fingerprint density at radius 2 is 2.15 bits per heavy atom. The van der Waals surface area contributed by atoms with E-state index in [-0.39, 0.29) is 22.7 Å². The molecule has 1 aromatic carbocycles. The number of hydrogen-bond donors (Lipinski definition) is 2. The molecular weight excluding hydrogens is 258 g/mol. The van der Waals surface area contributed by atoms with Crippen molar-refractivity contribution < 1.29 is 9.72 Å². The number of nitro groups is 1. The van der Waals surface area contributed by atoms with E-state index in [2.05, 4.69) is 17.6 Å². The van der Waals surface area contributed by atoms with Crippen LogP contribution >= 0.6 is 0 Å². The maximum atomic E-state index is 12.2. The highest BCUT2D eigenvalue weighted by molar-refractivity contribution is 6.01. The molecule has 20 heavy (non-hydrogen) atoms. The Bertz CT molecular complexity index is 538. The molecule has 1 fully saturated rings. The molecule has 1 saturated carbocycles. The minimum absolute atomic E-state index is 0.0880. The van der Waals surface area contributed by atoms with Gasteiger partial charge in [-0.2, -0.15) is 0 Å². The van der Waals surface area contributed by atoms with Crippen LogP contribution in [0.5, 0.6) is 0 Å². The van der Waals surface area contributed by atoms with Crippen LogP contribution < -0.4 is 10.6 Å². The fourth-order valence-corrected chi connectivity index (χ4v) is 2.49. The van der Waals surface area contributed by atoms with Gasteiger partial charge in [0.15, 0.2) is 0 Å². The number of nitrogens with one attached hydrogen (secondary N) is 2. The molecule has 0 unspecified atom stereocenters. The Hall–Kier alpha value is -2.11. The molecule has 0 radical (unpaired) electrons. The Balaban J connectivity index is 2.16. The van der Waals surface area contributed by atoms with Crippen molar-refractivity contribution in [3.63, 3.8) is 0 Å². The first-order valence-corrected chi connectivity index (χ1v) is 6.70. The van der Waals surface area contributed by atoms with Gasteiger partial charge in [-0.25, -0.2) is 0 Å². The largest absolute Gasteiger partial charge is 0.382 e. The predicted octanol–water partition coefficient (Wildman–Crippen LogP) is 2.56. The average Bonchev–Trinajstić information content (AvgIpc) is 2.41. The predicted molar refractivity (Wildman–Crippen MR) is 76.9 cm³/mol. The quantitative estimate of drug-likeness (QED) is 0.640. The molecule has 0 atom stereocenters. The molecule has 6 heteroatoms. The summed E-state index contributed by atoms with van der Waals surface area (Å²) in [6.45, 7) is 2.75. The van der Waals surface area contributed by atoms with Gasteiger partial charge in [-0.05, 0) is 24.3 Å². The van der Waals surface area contributed by atoms with Crippen LogP contribution in [0.1, 0.15) is 36.5 Å². The zero-order chi connectivity index (χ0) is 14.8. The first-order chi connectivity index (χ1) is 9.47. The van der Waals surface area contributed by atoms with E-state index in [9.17, 15) is 14.9 Å². The maximum absolute atomic E-state index is 12.2. The van der Waals surface area contributed by atoms with Crippen LogP contribution in [0.4, 0.5) is 11.4 Å². The van der Waals surface area contributed by atoms with Gasteiger partial charge in [-0.15, -0.1) is 0 Å². The summed E-state index contributed by atoms with van der Waals surface area (Å²) in [5.41, 5.74) is 0.657. The normalized spacial score (nSPS) is 16.1. The highest BCUT2D eigenvalue weighted by Gasteiger charge is 2.32. The summed E-state index contributed by atoms with van der Waals surface area (Å²) in [5, 5.41) is 16.6. The third kappa shape index (κ3) is 2.74. The van der Waals surface area contributed by atoms with Crippen LogP contribution in [0.2, 0.25) is 0 Å². The lowest BCUT2D eigenvalue weighted by atomic mass is 9.70. The van der Waals surface area contributed by atoms with Gasteiger partial charge in [0.1, 0.15) is 5.69 Å². The summed E-state index contributed by atoms with van der Waals surface area (Å²) in [6, 6.07) is 4.51. The molecule has 1 amide bonds. The van der Waals surface area contributed by atoms with Gasteiger partial charge < -0.3 is 10.6 Å². The van der Waals surface area contributed by atoms with Crippen molar-refractivity contribution in [2.75, 3.05) is 18.9 Å². The van der Waals surface area contributed by atoms with E-state index >= 15 is 0 Å². The minimum Gasteiger partial charge on any atom is -0.382 e. The monoisotopic (exact) mass is 277 g/mol. The molecule has 1 aliphatic carbocycles.